The Kier molecular flexibility index (Phi) is 3.50. The maximum Gasteiger partial charge on any atom is 0.371 e. The molecular formula is C13H11F2NO3. The van der Waals surface area contributed by atoms with Gasteiger partial charge in [-0.2, -0.15) is 0 Å². The first kappa shape index (κ1) is 13.1. The fraction of sp³-hybridized carbons (Fsp3) is 0.154. The first-order valence-corrected chi connectivity index (χ1v) is 5.49. The van der Waals surface area contributed by atoms with Gasteiger partial charge in [-0.05, 0) is 31.2 Å². The molecule has 0 aliphatic heterocycles. The third kappa shape index (κ3) is 2.90. The Hall–Kier alpha value is -2.37. The highest BCUT2D eigenvalue weighted by Crippen LogP contribution is 2.19. The maximum absolute atomic E-state index is 13.4. The number of rotatable bonds is 4. The minimum Gasteiger partial charge on any atom is -0.475 e. The van der Waals surface area contributed by atoms with Gasteiger partial charge >= 0.3 is 5.97 Å². The summed E-state index contributed by atoms with van der Waals surface area (Å²) in [4.78, 5) is 10.7. The van der Waals surface area contributed by atoms with Crippen LogP contribution in [0.15, 0.2) is 28.7 Å². The monoisotopic (exact) mass is 267 g/mol. The van der Waals surface area contributed by atoms with E-state index in [4.69, 9.17) is 9.52 Å². The van der Waals surface area contributed by atoms with Crippen molar-refractivity contribution in [3.8, 4) is 0 Å². The number of carbonyl (C=O) groups is 1. The Morgan fingerprint density at radius 3 is 2.74 bits per heavy atom. The third-order valence-corrected chi connectivity index (χ3v) is 2.63. The molecule has 1 heterocycles. The van der Waals surface area contributed by atoms with E-state index in [0.717, 1.165) is 18.2 Å². The van der Waals surface area contributed by atoms with Crippen molar-refractivity contribution in [2.24, 2.45) is 0 Å². The Morgan fingerprint density at radius 2 is 2.11 bits per heavy atom. The molecule has 0 aliphatic carbocycles. The summed E-state index contributed by atoms with van der Waals surface area (Å²) in [7, 11) is 0. The normalized spacial score (nSPS) is 10.5. The summed E-state index contributed by atoms with van der Waals surface area (Å²) in [5.41, 5.74) is 0.582. The standard InChI is InChI=1S/C13H11F2NO3/c1-7-8(4-12(19-7)13(17)18)6-16-11-5-9(14)2-3-10(11)15/h2-5,16H,6H2,1H3,(H,17,18). The lowest BCUT2D eigenvalue weighted by molar-refractivity contribution is 0.0661. The molecule has 2 rings (SSSR count). The highest BCUT2D eigenvalue weighted by Gasteiger charge is 2.13. The van der Waals surface area contributed by atoms with Crippen molar-refractivity contribution in [2.75, 3.05) is 5.32 Å². The fourth-order valence-electron chi connectivity index (χ4n) is 1.62. The summed E-state index contributed by atoms with van der Waals surface area (Å²) >= 11 is 0. The molecule has 0 fully saturated rings. The van der Waals surface area contributed by atoms with Gasteiger partial charge in [-0.15, -0.1) is 0 Å². The molecule has 0 atom stereocenters. The van der Waals surface area contributed by atoms with Gasteiger partial charge in [0.2, 0.25) is 5.76 Å². The molecule has 100 valence electrons. The van der Waals surface area contributed by atoms with Gasteiger partial charge in [0.15, 0.2) is 0 Å². The van der Waals surface area contributed by atoms with Gasteiger partial charge in [0, 0.05) is 12.1 Å². The van der Waals surface area contributed by atoms with Gasteiger partial charge in [-0.3, -0.25) is 0 Å². The second-order valence-corrected chi connectivity index (χ2v) is 3.97. The summed E-state index contributed by atoms with van der Waals surface area (Å²) in [5.74, 6) is -2.08. The number of nitrogens with one attached hydrogen (secondary N) is 1. The zero-order chi connectivity index (χ0) is 14.0. The number of anilines is 1. The van der Waals surface area contributed by atoms with Crippen molar-refractivity contribution in [2.45, 2.75) is 13.5 Å². The topological polar surface area (TPSA) is 62.5 Å². The average Bonchev–Trinajstić information content (AvgIpc) is 2.72. The highest BCUT2D eigenvalue weighted by atomic mass is 19.1. The fourth-order valence-corrected chi connectivity index (χ4v) is 1.62. The number of hydrogen-bond acceptors (Lipinski definition) is 3. The molecule has 0 saturated heterocycles. The van der Waals surface area contributed by atoms with Crippen LogP contribution in [-0.4, -0.2) is 11.1 Å². The Morgan fingerprint density at radius 1 is 1.37 bits per heavy atom. The Labute approximate surface area is 107 Å². The van der Waals surface area contributed by atoms with Crippen molar-refractivity contribution in [1.82, 2.24) is 0 Å². The Bertz CT molecular complexity index is 622. The minimum atomic E-state index is -1.17. The van der Waals surface area contributed by atoms with Crippen LogP contribution in [0.1, 0.15) is 21.9 Å². The summed E-state index contributed by atoms with van der Waals surface area (Å²) < 4.78 is 31.3. The van der Waals surface area contributed by atoms with E-state index < -0.39 is 17.6 Å². The molecule has 0 unspecified atom stereocenters. The molecule has 4 nitrogen and oxygen atoms in total. The summed E-state index contributed by atoms with van der Waals surface area (Å²) in [6, 6.07) is 4.42. The number of aryl methyl sites for hydroxylation is 1. The number of furan rings is 1. The lowest BCUT2D eigenvalue weighted by Gasteiger charge is -2.06. The second kappa shape index (κ2) is 5.09. The molecule has 0 spiro atoms. The van der Waals surface area contributed by atoms with Crippen LogP contribution in [0.2, 0.25) is 0 Å². The van der Waals surface area contributed by atoms with E-state index in [2.05, 4.69) is 5.32 Å². The summed E-state index contributed by atoms with van der Waals surface area (Å²) in [6.07, 6.45) is 0. The van der Waals surface area contributed by atoms with Gasteiger partial charge in [-0.25, -0.2) is 13.6 Å². The number of aromatic carboxylic acids is 1. The van der Waals surface area contributed by atoms with Crippen LogP contribution < -0.4 is 5.32 Å². The molecule has 2 N–H and O–H groups in total. The molecule has 0 aliphatic rings. The zero-order valence-corrected chi connectivity index (χ0v) is 10.0. The van der Waals surface area contributed by atoms with Crippen molar-refractivity contribution >= 4 is 11.7 Å². The molecule has 6 heteroatoms. The van der Waals surface area contributed by atoms with E-state index in [9.17, 15) is 13.6 Å². The van der Waals surface area contributed by atoms with Crippen molar-refractivity contribution in [1.29, 1.82) is 0 Å². The zero-order valence-electron chi connectivity index (χ0n) is 10.0. The van der Waals surface area contributed by atoms with Crippen LogP contribution in [0.4, 0.5) is 14.5 Å². The molecule has 0 amide bonds. The molecule has 1 aromatic carbocycles. The molecule has 0 bridgehead atoms. The third-order valence-electron chi connectivity index (χ3n) is 2.63. The summed E-state index contributed by atoms with van der Waals surface area (Å²) in [5, 5.41) is 11.5. The number of benzene rings is 1. The lowest BCUT2D eigenvalue weighted by atomic mass is 10.2. The van der Waals surface area contributed by atoms with E-state index in [0.29, 0.717) is 11.3 Å². The van der Waals surface area contributed by atoms with Gasteiger partial charge in [0.1, 0.15) is 17.4 Å². The first-order chi connectivity index (χ1) is 8.97. The van der Waals surface area contributed by atoms with Crippen LogP contribution in [0.5, 0.6) is 0 Å². The van der Waals surface area contributed by atoms with E-state index in [1.54, 1.807) is 6.92 Å². The second-order valence-electron chi connectivity index (χ2n) is 3.97. The summed E-state index contributed by atoms with van der Waals surface area (Å²) in [6.45, 7) is 1.74. The van der Waals surface area contributed by atoms with Crippen molar-refractivity contribution < 1.29 is 23.1 Å². The van der Waals surface area contributed by atoms with Gasteiger partial charge in [0.25, 0.3) is 0 Å². The van der Waals surface area contributed by atoms with Crippen LogP contribution in [0.3, 0.4) is 0 Å². The van der Waals surface area contributed by atoms with Gasteiger partial charge in [-0.1, -0.05) is 0 Å². The van der Waals surface area contributed by atoms with Crippen molar-refractivity contribution in [3.63, 3.8) is 0 Å². The van der Waals surface area contributed by atoms with Crippen LogP contribution >= 0.6 is 0 Å². The van der Waals surface area contributed by atoms with Crippen LogP contribution in [-0.2, 0) is 6.54 Å². The van der Waals surface area contributed by atoms with E-state index in [-0.39, 0.29) is 18.0 Å². The maximum atomic E-state index is 13.4. The van der Waals surface area contributed by atoms with Gasteiger partial charge < -0.3 is 14.8 Å². The van der Waals surface area contributed by atoms with E-state index in [1.165, 1.54) is 6.07 Å². The van der Waals surface area contributed by atoms with Gasteiger partial charge in [0.05, 0.1) is 5.69 Å². The predicted octanol–water partition coefficient (Wildman–Crippen LogP) is 3.18. The Balaban J connectivity index is 2.14. The quantitative estimate of drug-likeness (QED) is 0.893. The predicted molar refractivity (Wildman–Crippen MR) is 64.1 cm³/mol. The number of hydrogen-bond donors (Lipinski definition) is 2. The lowest BCUT2D eigenvalue weighted by Crippen LogP contribution is -2.02. The van der Waals surface area contributed by atoms with Crippen molar-refractivity contribution in [3.05, 3.63) is 53.0 Å². The largest absolute Gasteiger partial charge is 0.475 e. The van der Waals surface area contributed by atoms with E-state index in [1.807, 2.05) is 0 Å². The molecule has 19 heavy (non-hydrogen) atoms. The molecule has 0 saturated carbocycles. The smallest absolute Gasteiger partial charge is 0.371 e. The SMILES string of the molecule is Cc1oc(C(=O)O)cc1CNc1cc(F)ccc1F. The number of carboxylic acid groups (broad SMARTS) is 1. The number of halogens is 2. The minimum absolute atomic E-state index is 0.0116. The number of carboxylic acids is 1. The van der Waals surface area contributed by atoms with Crippen LogP contribution in [0, 0.1) is 18.6 Å². The average molecular weight is 267 g/mol. The molecular weight excluding hydrogens is 256 g/mol. The van der Waals surface area contributed by atoms with Crippen LogP contribution in [0.25, 0.3) is 0 Å². The first-order valence-electron chi connectivity index (χ1n) is 5.49. The molecule has 1 aromatic heterocycles. The molecule has 2 aromatic rings. The highest BCUT2D eigenvalue weighted by molar-refractivity contribution is 5.84. The molecule has 0 radical (unpaired) electrons. The van der Waals surface area contributed by atoms with E-state index >= 15 is 0 Å².